The predicted molar refractivity (Wildman–Crippen MR) is 81.1 cm³/mol. The van der Waals surface area contributed by atoms with Gasteiger partial charge < -0.3 is 14.5 Å². The molecule has 0 saturated carbocycles. The standard InChI is InChI=1S/C16H22N2O3/c1-13-12-17(14-6-4-3-5-7-14)10-11-18(13)15(19)8-9-16(20)21-2/h3-7,13H,8-12H2,1-2H3. The molecular formula is C16H22N2O3. The minimum absolute atomic E-state index is 0.0283. The Morgan fingerprint density at radius 2 is 1.90 bits per heavy atom. The Bertz CT molecular complexity index is 490. The molecule has 0 bridgehead atoms. The summed E-state index contributed by atoms with van der Waals surface area (Å²) < 4.78 is 4.57. The molecule has 5 heteroatoms. The van der Waals surface area contributed by atoms with Gasteiger partial charge in [-0.25, -0.2) is 0 Å². The number of para-hydroxylation sites is 1. The van der Waals surface area contributed by atoms with Crippen LogP contribution in [-0.4, -0.2) is 49.6 Å². The highest BCUT2D eigenvalue weighted by Crippen LogP contribution is 2.19. The van der Waals surface area contributed by atoms with Gasteiger partial charge in [0.15, 0.2) is 0 Å². The van der Waals surface area contributed by atoms with Crippen LogP contribution >= 0.6 is 0 Å². The number of esters is 1. The molecular weight excluding hydrogens is 268 g/mol. The molecule has 1 heterocycles. The lowest BCUT2D eigenvalue weighted by molar-refractivity contribution is -0.144. The third kappa shape index (κ3) is 3.97. The average Bonchev–Trinajstić information content (AvgIpc) is 2.53. The normalized spacial score (nSPS) is 18.5. The summed E-state index contributed by atoms with van der Waals surface area (Å²) in [7, 11) is 1.34. The van der Waals surface area contributed by atoms with Gasteiger partial charge in [-0.1, -0.05) is 18.2 Å². The lowest BCUT2D eigenvalue weighted by Crippen LogP contribution is -2.54. The van der Waals surface area contributed by atoms with E-state index in [9.17, 15) is 9.59 Å². The summed E-state index contributed by atoms with van der Waals surface area (Å²) >= 11 is 0. The van der Waals surface area contributed by atoms with Crippen LogP contribution in [0, 0.1) is 0 Å². The van der Waals surface area contributed by atoms with Gasteiger partial charge in [-0.3, -0.25) is 9.59 Å². The molecule has 1 aliphatic rings. The summed E-state index contributed by atoms with van der Waals surface area (Å²) in [5, 5.41) is 0. The number of nitrogens with zero attached hydrogens (tertiary/aromatic N) is 2. The Kier molecular flexibility index (Phi) is 5.20. The summed E-state index contributed by atoms with van der Waals surface area (Å²) in [6, 6.07) is 10.4. The minimum atomic E-state index is -0.334. The van der Waals surface area contributed by atoms with Crippen molar-refractivity contribution in [3.63, 3.8) is 0 Å². The summed E-state index contributed by atoms with van der Waals surface area (Å²) in [6.45, 7) is 4.37. The molecule has 0 radical (unpaired) electrons. The fraction of sp³-hybridized carbons (Fsp3) is 0.500. The molecule has 1 aromatic carbocycles. The van der Waals surface area contributed by atoms with Crippen molar-refractivity contribution in [3.05, 3.63) is 30.3 Å². The van der Waals surface area contributed by atoms with Gasteiger partial charge >= 0.3 is 5.97 Å². The maximum Gasteiger partial charge on any atom is 0.306 e. The first-order valence-corrected chi connectivity index (χ1v) is 7.28. The first kappa shape index (κ1) is 15.4. The lowest BCUT2D eigenvalue weighted by atomic mass is 10.1. The van der Waals surface area contributed by atoms with Crippen molar-refractivity contribution in [1.82, 2.24) is 4.90 Å². The van der Waals surface area contributed by atoms with Gasteiger partial charge in [0.2, 0.25) is 5.91 Å². The molecule has 1 amide bonds. The van der Waals surface area contributed by atoms with Gasteiger partial charge in [0.1, 0.15) is 0 Å². The van der Waals surface area contributed by atoms with Gasteiger partial charge in [0.25, 0.3) is 0 Å². The number of anilines is 1. The summed E-state index contributed by atoms with van der Waals surface area (Å²) in [4.78, 5) is 27.4. The number of piperazine rings is 1. The first-order chi connectivity index (χ1) is 10.1. The van der Waals surface area contributed by atoms with E-state index in [-0.39, 0.29) is 30.8 Å². The van der Waals surface area contributed by atoms with Crippen LogP contribution in [-0.2, 0) is 14.3 Å². The number of hydrogen-bond donors (Lipinski definition) is 0. The first-order valence-electron chi connectivity index (χ1n) is 7.28. The lowest BCUT2D eigenvalue weighted by Gasteiger charge is -2.41. The second-order valence-electron chi connectivity index (χ2n) is 5.29. The van der Waals surface area contributed by atoms with Crippen LogP contribution in [0.4, 0.5) is 5.69 Å². The molecule has 1 unspecified atom stereocenters. The van der Waals surface area contributed by atoms with Crippen molar-refractivity contribution in [3.8, 4) is 0 Å². The molecule has 1 fully saturated rings. The Labute approximate surface area is 125 Å². The highest BCUT2D eigenvalue weighted by molar-refractivity contribution is 5.81. The van der Waals surface area contributed by atoms with Gasteiger partial charge in [-0.2, -0.15) is 0 Å². The summed E-state index contributed by atoms with van der Waals surface area (Å²) in [6.07, 6.45) is 0.378. The fourth-order valence-electron chi connectivity index (χ4n) is 2.66. The quantitative estimate of drug-likeness (QED) is 0.792. The third-order valence-corrected chi connectivity index (χ3v) is 3.84. The molecule has 0 N–H and O–H groups in total. The van der Waals surface area contributed by atoms with E-state index in [4.69, 9.17) is 0 Å². The molecule has 0 aromatic heterocycles. The van der Waals surface area contributed by atoms with Gasteiger partial charge in [-0.15, -0.1) is 0 Å². The second kappa shape index (κ2) is 7.11. The number of ether oxygens (including phenoxy) is 1. The van der Waals surface area contributed by atoms with Crippen molar-refractivity contribution in [1.29, 1.82) is 0 Å². The van der Waals surface area contributed by atoms with Crippen LogP contribution in [0.15, 0.2) is 30.3 Å². The molecule has 1 aliphatic heterocycles. The second-order valence-corrected chi connectivity index (χ2v) is 5.29. The number of amides is 1. The molecule has 114 valence electrons. The van der Waals surface area contributed by atoms with Crippen LogP contribution < -0.4 is 4.90 Å². The number of rotatable bonds is 4. The number of carbonyl (C=O) groups excluding carboxylic acids is 2. The van der Waals surface area contributed by atoms with E-state index < -0.39 is 0 Å². The van der Waals surface area contributed by atoms with E-state index in [1.165, 1.54) is 12.8 Å². The van der Waals surface area contributed by atoms with Crippen molar-refractivity contribution in [2.24, 2.45) is 0 Å². The topological polar surface area (TPSA) is 49.9 Å². The zero-order valence-electron chi connectivity index (χ0n) is 12.6. The van der Waals surface area contributed by atoms with Crippen LogP contribution in [0.3, 0.4) is 0 Å². The maximum absolute atomic E-state index is 12.2. The van der Waals surface area contributed by atoms with Gasteiger partial charge in [0.05, 0.1) is 13.5 Å². The maximum atomic E-state index is 12.2. The number of benzene rings is 1. The third-order valence-electron chi connectivity index (χ3n) is 3.84. The van der Waals surface area contributed by atoms with E-state index in [0.29, 0.717) is 6.54 Å². The molecule has 5 nitrogen and oxygen atoms in total. The van der Waals surface area contributed by atoms with Crippen LogP contribution in [0.2, 0.25) is 0 Å². The van der Waals surface area contributed by atoms with E-state index in [2.05, 4.69) is 21.8 Å². The number of carbonyl (C=O) groups is 2. The molecule has 1 aromatic rings. The number of hydrogen-bond acceptors (Lipinski definition) is 4. The molecule has 2 rings (SSSR count). The Hall–Kier alpha value is -2.04. The highest BCUT2D eigenvalue weighted by Gasteiger charge is 2.27. The van der Waals surface area contributed by atoms with Crippen molar-refractivity contribution in [2.45, 2.75) is 25.8 Å². The van der Waals surface area contributed by atoms with E-state index in [1.807, 2.05) is 30.0 Å². The van der Waals surface area contributed by atoms with Crippen molar-refractivity contribution >= 4 is 17.6 Å². The molecule has 1 saturated heterocycles. The SMILES string of the molecule is COC(=O)CCC(=O)N1CCN(c2ccccc2)CC1C. The van der Waals surface area contributed by atoms with E-state index >= 15 is 0 Å². The molecule has 21 heavy (non-hydrogen) atoms. The highest BCUT2D eigenvalue weighted by atomic mass is 16.5. The monoisotopic (exact) mass is 290 g/mol. The zero-order chi connectivity index (χ0) is 15.2. The predicted octanol–water partition coefficient (Wildman–Crippen LogP) is 1.68. The molecule has 0 aliphatic carbocycles. The molecule has 1 atom stereocenters. The zero-order valence-corrected chi connectivity index (χ0v) is 12.6. The largest absolute Gasteiger partial charge is 0.469 e. The smallest absolute Gasteiger partial charge is 0.306 e. The molecule has 0 spiro atoms. The Morgan fingerprint density at radius 3 is 2.52 bits per heavy atom. The minimum Gasteiger partial charge on any atom is -0.469 e. The van der Waals surface area contributed by atoms with Crippen molar-refractivity contribution < 1.29 is 14.3 Å². The van der Waals surface area contributed by atoms with E-state index in [1.54, 1.807) is 0 Å². The fourth-order valence-corrected chi connectivity index (χ4v) is 2.66. The van der Waals surface area contributed by atoms with Crippen LogP contribution in [0.5, 0.6) is 0 Å². The Balaban J connectivity index is 1.89. The number of methoxy groups -OCH3 is 1. The van der Waals surface area contributed by atoms with Gasteiger partial charge in [-0.05, 0) is 19.1 Å². The van der Waals surface area contributed by atoms with Gasteiger partial charge in [0, 0.05) is 37.8 Å². The summed E-state index contributed by atoms with van der Waals surface area (Å²) in [5.74, 6) is -0.306. The van der Waals surface area contributed by atoms with Crippen LogP contribution in [0.25, 0.3) is 0 Å². The average molecular weight is 290 g/mol. The van der Waals surface area contributed by atoms with Crippen LogP contribution in [0.1, 0.15) is 19.8 Å². The van der Waals surface area contributed by atoms with Crippen molar-refractivity contribution in [2.75, 3.05) is 31.6 Å². The summed E-state index contributed by atoms with van der Waals surface area (Å²) in [5.41, 5.74) is 1.19. The Morgan fingerprint density at radius 1 is 1.19 bits per heavy atom. The van der Waals surface area contributed by atoms with E-state index in [0.717, 1.165) is 13.1 Å².